The van der Waals surface area contributed by atoms with Crippen molar-refractivity contribution in [2.24, 2.45) is 11.8 Å². The second-order valence-corrected chi connectivity index (χ2v) is 6.80. The van der Waals surface area contributed by atoms with E-state index in [2.05, 4.69) is 18.3 Å². The quantitative estimate of drug-likeness (QED) is 0.901. The van der Waals surface area contributed by atoms with Crippen LogP contribution in [0.25, 0.3) is 0 Å². The van der Waals surface area contributed by atoms with Gasteiger partial charge in [-0.15, -0.1) is 0 Å². The summed E-state index contributed by atoms with van der Waals surface area (Å²) in [4.78, 5) is 9.60. The van der Waals surface area contributed by atoms with Gasteiger partial charge in [0.25, 0.3) is 0 Å². The summed E-state index contributed by atoms with van der Waals surface area (Å²) in [6.07, 6.45) is 8.29. The molecule has 0 aromatic carbocycles. The number of aromatic nitrogens is 2. The molecule has 2 bridgehead atoms. The number of hydrogen-bond donors (Lipinski definition) is 1. The lowest BCUT2D eigenvalue weighted by Gasteiger charge is -2.21. The maximum atomic E-state index is 4.86. The van der Waals surface area contributed by atoms with Gasteiger partial charge in [-0.3, -0.25) is 0 Å². The van der Waals surface area contributed by atoms with Crippen LogP contribution in [-0.4, -0.2) is 16.0 Å². The minimum absolute atomic E-state index is 0.651. The van der Waals surface area contributed by atoms with E-state index in [9.17, 15) is 0 Å². The van der Waals surface area contributed by atoms with E-state index in [1.807, 2.05) is 0 Å². The van der Waals surface area contributed by atoms with E-state index >= 15 is 0 Å². The van der Waals surface area contributed by atoms with Crippen molar-refractivity contribution in [3.63, 3.8) is 0 Å². The molecule has 0 saturated heterocycles. The summed E-state index contributed by atoms with van der Waals surface area (Å²) < 4.78 is 0. The largest absolute Gasteiger partial charge is 0.308 e. The molecule has 3 saturated carbocycles. The number of nitrogens with one attached hydrogen (secondary N) is 1. The Kier molecular flexibility index (Phi) is 2.83. The number of fused-ring (bicyclic) bond motifs is 2. The molecule has 4 rings (SSSR count). The molecule has 1 aromatic heterocycles. The van der Waals surface area contributed by atoms with Gasteiger partial charge < -0.3 is 5.32 Å². The van der Waals surface area contributed by atoms with E-state index in [1.165, 1.54) is 44.2 Å². The van der Waals surface area contributed by atoms with Crippen LogP contribution in [0.2, 0.25) is 0 Å². The van der Waals surface area contributed by atoms with Gasteiger partial charge in [-0.1, -0.05) is 6.42 Å². The van der Waals surface area contributed by atoms with E-state index in [4.69, 9.17) is 9.97 Å². The molecule has 3 heteroatoms. The van der Waals surface area contributed by atoms with Crippen LogP contribution >= 0.6 is 0 Å². The van der Waals surface area contributed by atoms with Gasteiger partial charge in [-0.2, -0.15) is 0 Å². The maximum absolute atomic E-state index is 4.86. The molecule has 1 heterocycles. The van der Waals surface area contributed by atoms with Gasteiger partial charge in [-0.05, 0) is 56.9 Å². The Morgan fingerprint density at radius 2 is 2.05 bits per heavy atom. The summed E-state index contributed by atoms with van der Waals surface area (Å²) in [6, 6.07) is 2.90. The average molecular weight is 257 g/mol. The summed E-state index contributed by atoms with van der Waals surface area (Å²) in [6.45, 7) is 3.03. The lowest BCUT2D eigenvalue weighted by Crippen LogP contribution is -2.19. The topological polar surface area (TPSA) is 37.8 Å². The van der Waals surface area contributed by atoms with E-state index in [0.29, 0.717) is 5.92 Å². The van der Waals surface area contributed by atoms with Gasteiger partial charge in [0.1, 0.15) is 5.82 Å². The molecule has 1 aromatic rings. The fourth-order valence-corrected chi connectivity index (χ4v) is 4.01. The van der Waals surface area contributed by atoms with Crippen LogP contribution in [0, 0.1) is 18.8 Å². The van der Waals surface area contributed by atoms with Crippen molar-refractivity contribution in [1.82, 2.24) is 15.3 Å². The van der Waals surface area contributed by atoms with Crippen molar-refractivity contribution in [2.75, 3.05) is 0 Å². The number of hydrogen-bond acceptors (Lipinski definition) is 3. The van der Waals surface area contributed by atoms with Gasteiger partial charge in [0.15, 0.2) is 0 Å². The normalized spacial score (nSPS) is 33.0. The lowest BCUT2D eigenvalue weighted by atomic mass is 9.88. The second kappa shape index (κ2) is 4.55. The van der Waals surface area contributed by atoms with Gasteiger partial charge in [0.05, 0.1) is 5.69 Å². The molecule has 0 spiro atoms. The number of rotatable bonds is 4. The number of nitrogens with zero attached hydrogens (tertiary/aromatic N) is 2. The van der Waals surface area contributed by atoms with Gasteiger partial charge in [0.2, 0.25) is 0 Å². The zero-order valence-corrected chi connectivity index (χ0v) is 11.7. The molecule has 19 heavy (non-hydrogen) atoms. The van der Waals surface area contributed by atoms with Crippen LogP contribution in [0.15, 0.2) is 6.07 Å². The van der Waals surface area contributed by atoms with Gasteiger partial charge >= 0.3 is 0 Å². The summed E-state index contributed by atoms with van der Waals surface area (Å²) >= 11 is 0. The summed E-state index contributed by atoms with van der Waals surface area (Å²) in [5.74, 6) is 3.63. The van der Waals surface area contributed by atoms with E-state index in [0.717, 1.165) is 35.9 Å². The first-order chi connectivity index (χ1) is 9.28. The molecule has 1 N–H and O–H groups in total. The van der Waals surface area contributed by atoms with Crippen molar-refractivity contribution in [3.8, 4) is 0 Å². The Morgan fingerprint density at radius 3 is 2.74 bits per heavy atom. The standard InChI is InChI=1S/C16H23N3/c1-10-6-14(9-17-13-4-5-13)19-16(18-10)15-8-11-2-3-12(15)7-11/h6,11-13,15,17H,2-5,7-9H2,1H3. The zero-order chi connectivity index (χ0) is 12.8. The Morgan fingerprint density at radius 1 is 1.16 bits per heavy atom. The van der Waals surface area contributed by atoms with Crippen LogP contribution in [0.1, 0.15) is 61.7 Å². The van der Waals surface area contributed by atoms with Crippen molar-refractivity contribution < 1.29 is 0 Å². The molecule has 0 aliphatic heterocycles. The predicted molar refractivity (Wildman–Crippen MR) is 74.8 cm³/mol. The van der Waals surface area contributed by atoms with E-state index < -0.39 is 0 Å². The van der Waals surface area contributed by atoms with Crippen LogP contribution in [0.3, 0.4) is 0 Å². The van der Waals surface area contributed by atoms with Crippen molar-refractivity contribution >= 4 is 0 Å². The third-order valence-electron chi connectivity index (χ3n) is 5.14. The third kappa shape index (κ3) is 2.40. The van der Waals surface area contributed by atoms with Crippen LogP contribution in [0.5, 0.6) is 0 Å². The Hall–Kier alpha value is -0.960. The SMILES string of the molecule is Cc1cc(CNC2CC2)nc(C2CC3CCC2C3)n1. The fourth-order valence-electron chi connectivity index (χ4n) is 4.01. The highest BCUT2D eigenvalue weighted by atomic mass is 15.0. The molecular formula is C16H23N3. The Bertz CT molecular complexity index is 481. The smallest absolute Gasteiger partial charge is 0.132 e. The van der Waals surface area contributed by atoms with Crippen molar-refractivity contribution in [2.45, 2.75) is 64.0 Å². The second-order valence-electron chi connectivity index (χ2n) is 6.80. The molecule has 3 unspecified atom stereocenters. The molecule has 0 radical (unpaired) electrons. The molecule has 3 atom stereocenters. The maximum Gasteiger partial charge on any atom is 0.132 e. The first-order valence-electron chi connectivity index (χ1n) is 7.86. The Labute approximate surface area is 115 Å². The van der Waals surface area contributed by atoms with Crippen LogP contribution < -0.4 is 5.32 Å². The molecule has 3 nitrogen and oxygen atoms in total. The van der Waals surface area contributed by atoms with E-state index in [1.54, 1.807) is 0 Å². The lowest BCUT2D eigenvalue weighted by molar-refractivity contribution is 0.403. The van der Waals surface area contributed by atoms with E-state index in [-0.39, 0.29) is 0 Å². The molecule has 0 amide bonds. The monoisotopic (exact) mass is 257 g/mol. The molecule has 102 valence electrons. The third-order valence-corrected chi connectivity index (χ3v) is 5.14. The zero-order valence-electron chi connectivity index (χ0n) is 11.7. The molecular weight excluding hydrogens is 234 g/mol. The fraction of sp³-hybridized carbons (Fsp3) is 0.750. The summed E-state index contributed by atoms with van der Waals surface area (Å²) in [5, 5.41) is 3.56. The summed E-state index contributed by atoms with van der Waals surface area (Å²) in [7, 11) is 0. The predicted octanol–water partition coefficient (Wildman–Crippen LogP) is 2.94. The number of aryl methyl sites for hydroxylation is 1. The average Bonchev–Trinajstić information content (AvgIpc) is 2.99. The molecule has 3 fully saturated rings. The van der Waals surface area contributed by atoms with Crippen molar-refractivity contribution in [3.05, 3.63) is 23.3 Å². The minimum Gasteiger partial charge on any atom is -0.308 e. The first-order valence-corrected chi connectivity index (χ1v) is 7.86. The Balaban J connectivity index is 1.53. The molecule has 3 aliphatic carbocycles. The van der Waals surface area contributed by atoms with Crippen LogP contribution in [0.4, 0.5) is 0 Å². The minimum atomic E-state index is 0.651. The summed E-state index contributed by atoms with van der Waals surface area (Å²) in [5.41, 5.74) is 2.33. The highest BCUT2D eigenvalue weighted by Crippen LogP contribution is 2.52. The highest BCUT2D eigenvalue weighted by Gasteiger charge is 2.41. The highest BCUT2D eigenvalue weighted by molar-refractivity contribution is 5.15. The van der Waals surface area contributed by atoms with Crippen LogP contribution in [-0.2, 0) is 6.54 Å². The van der Waals surface area contributed by atoms with Gasteiger partial charge in [0, 0.05) is 24.2 Å². The van der Waals surface area contributed by atoms with Gasteiger partial charge in [-0.25, -0.2) is 9.97 Å². The first kappa shape index (κ1) is 11.8. The molecule has 3 aliphatic rings. The van der Waals surface area contributed by atoms with Crippen molar-refractivity contribution in [1.29, 1.82) is 0 Å².